The SMILES string of the molecule is CN(c1cccnc1)C1CCC(O)CC1. The topological polar surface area (TPSA) is 36.4 Å². The van der Waals surface area contributed by atoms with E-state index in [1.54, 1.807) is 6.20 Å². The Balaban J connectivity index is 1.99. The molecule has 0 atom stereocenters. The molecule has 0 aromatic carbocycles. The molecule has 0 saturated heterocycles. The second kappa shape index (κ2) is 4.62. The monoisotopic (exact) mass is 206 g/mol. The average Bonchev–Trinajstić information content (AvgIpc) is 2.30. The van der Waals surface area contributed by atoms with E-state index in [1.807, 2.05) is 12.3 Å². The fourth-order valence-electron chi connectivity index (χ4n) is 2.22. The van der Waals surface area contributed by atoms with Gasteiger partial charge >= 0.3 is 0 Å². The van der Waals surface area contributed by atoms with Crippen molar-refractivity contribution >= 4 is 5.69 Å². The molecule has 15 heavy (non-hydrogen) atoms. The number of aliphatic hydroxyl groups excluding tert-OH is 1. The molecule has 1 aromatic heterocycles. The zero-order valence-corrected chi connectivity index (χ0v) is 9.13. The minimum atomic E-state index is -0.0800. The fourth-order valence-corrected chi connectivity index (χ4v) is 2.22. The van der Waals surface area contributed by atoms with Crippen molar-refractivity contribution in [3.8, 4) is 0 Å². The van der Waals surface area contributed by atoms with E-state index in [9.17, 15) is 5.11 Å². The maximum atomic E-state index is 9.45. The van der Waals surface area contributed by atoms with E-state index in [0.29, 0.717) is 6.04 Å². The lowest BCUT2D eigenvalue weighted by molar-refractivity contribution is 0.122. The Morgan fingerprint density at radius 3 is 2.67 bits per heavy atom. The van der Waals surface area contributed by atoms with E-state index in [4.69, 9.17) is 0 Å². The summed E-state index contributed by atoms with van der Waals surface area (Å²) in [6.45, 7) is 0. The molecule has 1 N–H and O–H groups in total. The second-order valence-corrected chi connectivity index (χ2v) is 4.28. The summed E-state index contributed by atoms with van der Waals surface area (Å²) in [5.41, 5.74) is 1.17. The van der Waals surface area contributed by atoms with Crippen LogP contribution in [0, 0.1) is 0 Å². The molecular formula is C12H18N2O. The van der Waals surface area contributed by atoms with Crippen LogP contribution in [0.5, 0.6) is 0 Å². The first-order valence-electron chi connectivity index (χ1n) is 5.58. The minimum Gasteiger partial charge on any atom is -0.393 e. The van der Waals surface area contributed by atoms with E-state index in [-0.39, 0.29) is 6.10 Å². The second-order valence-electron chi connectivity index (χ2n) is 4.28. The summed E-state index contributed by atoms with van der Waals surface area (Å²) in [6.07, 6.45) is 7.61. The van der Waals surface area contributed by atoms with Gasteiger partial charge in [0.25, 0.3) is 0 Å². The Bertz CT molecular complexity index is 294. The van der Waals surface area contributed by atoms with Crippen molar-refractivity contribution in [1.29, 1.82) is 0 Å². The number of anilines is 1. The van der Waals surface area contributed by atoms with Crippen molar-refractivity contribution in [1.82, 2.24) is 4.98 Å². The molecule has 2 rings (SSSR count). The van der Waals surface area contributed by atoms with Crippen molar-refractivity contribution in [2.45, 2.75) is 37.8 Å². The fraction of sp³-hybridized carbons (Fsp3) is 0.583. The summed E-state index contributed by atoms with van der Waals surface area (Å²) in [4.78, 5) is 6.40. The number of nitrogens with zero attached hydrogens (tertiary/aromatic N) is 2. The Morgan fingerprint density at radius 2 is 2.07 bits per heavy atom. The molecule has 0 aliphatic heterocycles. The summed E-state index contributed by atoms with van der Waals surface area (Å²) >= 11 is 0. The summed E-state index contributed by atoms with van der Waals surface area (Å²) in [5, 5.41) is 9.45. The van der Waals surface area contributed by atoms with E-state index >= 15 is 0 Å². The molecule has 0 radical (unpaired) electrons. The largest absolute Gasteiger partial charge is 0.393 e. The summed E-state index contributed by atoms with van der Waals surface area (Å²) in [5.74, 6) is 0. The molecule has 0 unspecified atom stereocenters. The summed E-state index contributed by atoms with van der Waals surface area (Å²) in [7, 11) is 2.11. The van der Waals surface area contributed by atoms with E-state index < -0.39 is 0 Å². The van der Waals surface area contributed by atoms with Crippen molar-refractivity contribution < 1.29 is 5.11 Å². The third-order valence-corrected chi connectivity index (χ3v) is 3.27. The van der Waals surface area contributed by atoms with Gasteiger partial charge in [0.05, 0.1) is 18.0 Å². The molecule has 3 nitrogen and oxygen atoms in total. The lowest BCUT2D eigenvalue weighted by atomic mass is 9.92. The number of aliphatic hydroxyl groups is 1. The average molecular weight is 206 g/mol. The van der Waals surface area contributed by atoms with Crippen LogP contribution in [0.3, 0.4) is 0 Å². The Morgan fingerprint density at radius 1 is 1.33 bits per heavy atom. The molecule has 0 bridgehead atoms. The van der Waals surface area contributed by atoms with Crippen LogP contribution in [0.1, 0.15) is 25.7 Å². The van der Waals surface area contributed by atoms with Crippen LogP contribution in [0.4, 0.5) is 5.69 Å². The highest BCUT2D eigenvalue weighted by Crippen LogP contribution is 2.25. The quantitative estimate of drug-likeness (QED) is 0.802. The maximum absolute atomic E-state index is 9.45. The van der Waals surface area contributed by atoms with Gasteiger partial charge in [-0.15, -0.1) is 0 Å². The van der Waals surface area contributed by atoms with Crippen LogP contribution in [-0.2, 0) is 0 Å². The van der Waals surface area contributed by atoms with Gasteiger partial charge in [0.1, 0.15) is 0 Å². The van der Waals surface area contributed by atoms with Gasteiger partial charge < -0.3 is 10.0 Å². The van der Waals surface area contributed by atoms with E-state index in [0.717, 1.165) is 25.7 Å². The molecule has 0 amide bonds. The predicted octanol–water partition coefficient (Wildman–Crippen LogP) is 1.82. The maximum Gasteiger partial charge on any atom is 0.0552 e. The molecule has 1 aliphatic rings. The number of aromatic nitrogens is 1. The Kier molecular flexibility index (Phi) is 3.21. The molecule has 1 aromatic rings. The number of hydrogen-bond acceptors (Lipinski definition) is 3. The van der Waals surface area contributed by atoms with Crippen LogP contribution in [-0.4, -0.2) is 29.3 Å². The lowest BCUT2D eigenvalue weighted by Gasteiger charge is -2.34. The molecule has 1 heterocycles. The molecule has 3 heteroatoms. The number of rotatable bonds is 2. The third kappa shape index (κ3) is 2.48. The number of pyridine rings is 1. The minimum absolute atomic E-state index is 0.0800. The lowest BCUT2D eigenvalue weighted by Crippen LogP contribution is -2.36. The molecule has 0 spiro atoms. The molecular weight excluding hydrogens is 188 g/mol. The van der Waals surface area contributed by atoms with Crippen molar-refractivity contribution in [3.63, 3.8) is 0 Å². The van der Waals surface area contributed by atoms with Crippen LogP contribution < -0.4 is 4.90 Å². The predicted molar refractivity (Wildman–Crippen MR) is 60.9 cm³/mol. The molecule has 1 saturated carbocycles. The first-order valence-corrected chi connectivity index (χ1v) is 5.58. The van der Waals surface area contributed by atoms with Gasteiger partial charge in [-0.2, -0.15) is 0 Å². The smallest absolute Gasteiger partial charge is 0.0552 e. The van der Waals surface area contributed by atoms with Crippen LogP contribution in [0.15, 0.2) is 24.5 Å². The Hall–Kier alpha value is -1.09. The van der Waals surface area contributed by atoms with Crippen molar-refractivity contribution in [2.75, 3.05) is 11.9 Å². The first kappa shape index (κ1) is 10.4. The van der Waals surface area contributed by atoms with E-state index in [2.05, 4.69) is 23.0 Å². The Labute approximate surface area is 90.8 Å². The van der Waals surface area contributed by atoms with Gasteiger partial charge in [0.2, 0.25) is 0 Å². The standard InChI is InChI=1S/C12H18N2O/c1-14(11-3-2-8-13-9-11)10-4-6-12(15)7-5-10/h2-3,8-10,12,15H,4-7H2,1H3. The normalized spacial score (nSPS) is 26.3. The van der Waals surface area contributed by atoms with Gasteiger partial charge in [-0.3, -0.25) is 4.98 Å². The molecule has 82 valence electrons. The highest BCUT2D eigenvalue weighted by Gasteiger charge is 2.22. The van der Waals surface area contributed by atoms with Crippen LogP contribution in [0.25, 0.3) is 0 Å². The van der Waals surface area contributed by atoms with Crippen molar-refractivity contribution in [3.05, 3.63) is 24.5 Å². The molecule has 1 aliphatic carbocycles. The van der Waals surface area contributed by atoms with E-state index in [1.165, 1.54) is 5.69 Å². The zero-order valence-electron chi connectivity index (χ0n) is 9.13. The highest BCUT2D eigenvalue weighted by atomic mass is 16.3. The van der Waals surface area contributed by atoms with Gasteiger partial charge in [-0.25, -0.2) is 0 Å². The summed E-state index contributed by atoms with van der Waals surface area (Å²) < 4.78 is 0. The van der Waals surface area contributed by atoms with Gasteiger partial charge in [0.15, 0.2) is 0 Å². The van der Waals surface area contributed by atoms with Gasteiger partial charge in [0, 0.05) is 19.3 Å². The van der Waals surface area contributed by atoms with Gasteiger partial charge in [-0.1, -0.05) is 0 Å². The van der Waals surface area contributed by atoms with Crippen LogP contribution >= 0.6 is 0 Å². The first-order chi connectivity index (χ1) is 7.27. The number of hydrogen-bond donors (Lipinski definition) is 1. The highest BCUT2D eigenvalue weighted by molar-refractivity contribution is 5.43. The summed E-state index contributed by atoms with van der Waals surface area (Å²) in [6, 6.07) is 4.60. The third-order valence-electron chi connectivity index (χ3n) is 3.27. The van der Waals surface area contributed by atoms with Crippen molar-refractivity contribution in [2.24, 2.45) is 0 Å². The van der Waals surface area contributed by atoms with Crippen LogP contribution in [0.2, 0.25) is 0 Å². The molecule has 1 fully saturated rings. The van der Waals surface area contributed by atoms with Gasteiger partial charge in [-0.05, 0) is 37.8 Å². The zero-order chi connectivity index (χ0) is 10.7.